The number of aliphatic imine (C=N–C) groups is 1. The van der Waals surface area contributed by atoms with Crippen molar-refractivity contribution in [1.82, 2.24) is 19.8 Å². The first-order valence-electron chi connectivity index (χ1n) is 8.73. The van der Waals surface area contributed by atoms with Gasteiger partial charge in [-0.2, -0.15) is 0 Å². The van der Waals surface area contributed by atoms with E-state index in [1.165, 1.54) is 0 Å². The van der Waals surface area contributed by atoms with Crippen molar-refractivity contribution in [3.8, 4) is 5.75 Å². The molecule has 1 saturated heterocycles. The van der Waals surface area contributed by atoms with Crippen LogP contribution in [0.1, 0.15) is 25.3 Å². The van der Waals surface area contributed by atoms with E-state index in [2.05, 4.69) is 15.3 Å². The van der Waals surface area contributed by atoms with Gasteiger partial charge in [-0.25, -0.2) is 9.98 Å². The third kappa shape index (κ3) is 3.03. The second-order valence-corrected chi connectivity index (χ2v) is 6.73. The average Bonchev–Trinajstić information content (AvgIpc) is 3.25. The summed E-state index contributed by atoms with van der Waals surface area (Å²) in [5.74, 6) is 1.26. The number of benzene rings is 1. The van der Waals surface area contributed by atoms with Crippen LogP contribution < -0.4 is 10.1 Å². The number of hydrogen-bond donors (Lipinski definition) is 1. The number of ether oxygens (including phenoxy) is 1. The second-order valence-electron chi connectivity index (χ2n) is 6.35. The van der Waals surface area contributed by atoms with Gasteiger partial charge in [0.1, 0.15) is 11.8 Å². The third-order valence-corrected chi connectivity index (χ3v) is 5.10. The molecule has 1 N–H and O–H groups in total. The van der Waals surface area contributed by atoms with Crippen LogP contribution in [0.3, 0.4) is 0 Å². The first-order valence-corrected chi connectivity index (χ1v) is 9.11. The SMILES string of the molecule is CCC1C(=O)NC2=Nc3ccc(OCCCn4ccnc4)c(Cl)c3CN21. The first-order chi connectivity index (χ1) is 12.7. The van der Waals surface area contributed by atoms with Gasteiger partial charge < -0.3 is 14.2 Å². The highest BCUT2D eigenvalue weighted by molar-refractivity contribution is 6.33. The molecule has 2 aliphatic heterocycles. The fraction of sp³-hybridized carbons (Fsp3) is 0.389. The molecule has 3 heterocycles. The number of hydrogen-bond acceptors (Lipinski definition) is 5. The minimum absolute atomic E-state index is 0.00819. The molecule has 1 aromatic heterocycles. The Bertz CT molecular complexity index is 850. The lowest BCUT2D eigenvalue weighted by molar-refractivity contribution is -0.121. The molecule has 136 valence electrons. The number of guanidine groups is 1. The van der Waals surface area contributed by atoms with Crippen molar-refractivity contribution in [2.45, 2.75) is 38.9 Å². The van der Waals surface area contributed by atoms with Crippen LogP contribution >= 0.6 is 11.6 Å². The zero-order chi connectivity index (χ0) is 18.1. The highest BCUT2D eigenvalue weighted by atomic mass is 35.5. The Balaban J connectivity index is 1.46. The fourth-order valence-corrected chi connectivity index (χ4v) is 3.60. The molecule has 2 aromatic rings. The van der Waals surface area contributed by atoms with Crippen LogP contribution in [0.15, 0.2) is 35.8 Å². The average molecular weight is 374 g/mol. The van der Waals surface area contributed by atoms with E-state index >= 15 is 0 Å². The summed E-state index contributed by atoms with van der Waals surface area (Å²) in [6.07, 6.45) is 7.06. The minimum atomic E-state index is -0.197. The van der Waals surface area contributed by atoms with Crippen LogP contribution in [0.5, 0.6) is 5.75 Å². The summed E-state index contributed by atoms with van der Waals surface area (Å²) in [5.41, 5.74) is 1.68. The zero-order valence-corrected chi connectivity index (χ0v) is 15.2. The van der Waals surface area contributed by atoms with Crippen LogP contribution in [-0.2, 0) is 17.9 Å². The Morgan fingerprint density at radius 2 is 2.31 bits per heavy atom. The zero-order valence-electron chi connectivity index (χ0n) is 14.5. The summed E-state index contributed by atoms with van der Waals surface area (Å²) < 4.78 is 7.88. The van der Waals surface area contributed by atoms with Crippen LogP contribution in [0, 0.1) is 0 Å². The number of imidazole rings is 1. The normalized spacial score (nSPS) is 18.2. The van der Waals surface area contributed by atoms with Crippen LogP contribution in [0.25, 0.3) is 0 Å². The molecule has 1 unspecified atom stereocenters. The molecule has 1 atom stereocenters. The van der Waals surface area contributed by atoms with Gasteiger partial charge in [0.25, 0.3) is 0 Å². The maximum Gasteiger partial charge on any atom is 0.249 e. The van der Waals surface area contributed by atoms with Gasteiger partial charge in [-0.15, -0.1) is 0 Å². The van der Waals surface area contributed by atoms with Gasteiger partial charge in [0.05, 0.1) is 30.2 Å². The molecule has 1 aromatic carbocycles. The summed E-state index contributed by atoms with van der Waals surface area (Å²) in [5, 5.41) is 3.41. The number of amides is 1. The predicted octanol–water partition coefficient (Wildman–Crippen LogP) is 2.72. The quantitative estimate of drug-likeness (QED) is 0.790. The number of carbonyl (C=O) groups excluding carboxylic acids is 1. The molecule has 2 aliphatic rings. The molecular formula is C18H20ClN5O2. The maximum absolute atomic E-state index is 12.0. The number of rotatable bonds is 6. The van der Waals surface area contributed by atoms with Crippen molar-refractivity contribution in [3.63, 3.8) is 0 Å². The number of aromatic nitrogens is 2. The fourth-order valence-electron chi connectivity index (χ4n) is 3.33. The second kappa shape index (κ2) is 6.99. The molecule has 0 bridgehead atoms. The number of carbonyl (C=O) groups is 1. The number of halogens is 1. The Kier molecular flexibility index (Phi) is 4.55. The Morgan fingerprint density at radius 3 is 3.08 bits per heavy atom. The van der Waals surface area contributed by atoms with Crippen molar-refractivity contribution < 1.29 is 9.53 Å². The molecule has 8 heteroatoms. The summed E-state index contributed by atoms with van der Waals surface area (Å²) in [7, 11) is 0. The van der Waals surface area contributed by atoms with Crippen LogP contribution in [-0.4, -0.2) is 39.0 Å². The van der Waals surface area contributed by atoms with E-state index in [9.17, 15) is 4.79 Å². The predicted molar refractivity (Wildman–Crippen MR) is 98.7 cm³/mol. The molecule has 1 fully saturated rings. The lowest BCUT2D eigenvalue weighted by Gasteiger charge is -2.28. The van der Waals surface area contributed by atoms with E-state index in [0.29, 0.717) is 29.9 Å². The van der Waals surface area contributed by atoms with E-state index in [1.807, 2.05) is 34.7 Å². The molecule has 7 nitrogen and oxygen atoms in total. The molecule has 0 spiro atoms. The molecule has 26 heavy (non-hydrogen) atoms. The number of fused-ring (bicyclic) bond motifs is 2. The van der Waals surface area contributed by atoms with Gasteiger partial charge in [0.15, 0.2) is 0 Å². The standard InChI is InChI=1S/C18H20ClN5O2/c1-2-14-17(25)22-18-21-13-4-5-15(16(19)12(13)10-24(14)18)26-9-3-7-23-8-6-20-11-23/h4-6,8,11,14H,2-3,7,9-10H2,1H3,(H,21,22,25). The van der Waals surface area contributed by atoms with Crippen LogP contribution in [0.4, 0.5) is 5.69 Å². The van der Waals surface area contributed by atoms with Gasteiger partial charge >= 0.3 is 0 Å². The highest BCUT2D eigenvalue weighted by Crippen LogP contribution is 2.39. The number of nitrogens with one attached hydrogen (secondary N) is 1. The largest absolute Gasteiger partial charge is 0.492 e. The van der Waals surface area contributed by atoms with E-state index in [-0.39, 0.29) is 11.9 Å². The van der Waals surface area contributed by atoms with Gasteiger partial charge in [-0.1, -0.05) is 18.5 Å². The van der Waals surface area contributed by atoms with Crippen LogP contribution in [0.2, 0.25) is 5.02 Å². The lowest BCUT2D eigenvalue weighted by atomic mass is 10.1. The van der Waals surface area contributed by atoms with Gasteiger partial charge in [0, 0.05) is 24.5 Å². The van der Waals surface area contributed by atoms with E-state index in [0.717, 1.165) is 30.6 Å². The summed E-state index contributed by atoms with van der Waals surface area (Å²) >= 11 is 6.58. The lowest BCUT2D eigenvalue weighted by Crippen LogP contribution is -2.36. The van der Waals surface area contributed by atoms with E-state index < -0.39 is 0 Å². The van der Waals surface area contributed by atoms with Crippen molar-refractivity contribution in [1.29, 1.82) is 0 Å². The first kappa shape index (κ1) is 16.9. The van der Waals surface area contributed by atoms with E-state index in [1.54, 1.807) is 12.5 Å². The molecule has 4 rings (SSSR count). The summed E-state index contributed by atoms with van der Waals surface area (Å²) in [4.78, 5) is 22.6. The smallest absolute Gasteiger partial charge is 0.249 e. The third-order valence-electron chi connectivity index (χ3n) is 4.69. The Hall–Kier alpha value is -2.54. The number of nitrogens with zero attached hydrogens (tertiary/aromatic N) is 4. The highest BCUT2D eigenvalue weighted by Gasteiger charge is 2.38. The minimum Gasteiger partial charge on any atom is -0.492 e. The molecule has 1 amide bonds. The molecular weight excluding hydrogens is 354 g/mol. The summed E-state index contributed by atoms with van der Waals surface area (Å²) in [6, 6.07) is 3.53. The van der Waals surface area contributed by atoms with Crippen molar-refractivity contribution in [3.05, 3.63) is 41.4 Å². The molecule has 0 radical (unpaired) electrons. The Labute approximate surface area is 156 Å². The molecule has 0 aliphatic carbocycles. The van der Waals surface area contributed by atoms with Crippen molar-refractivity contribution >= 4 is 29.2 Å². The molecule has 0 saturated carbocycles. The van der Waals surface area contributed by atoms with Gasteiger partial charge in [0.2, 0.25) is 11.9 Å². The van der Waals surface area contributed by atoms with Crippen molar-refractivity contribution in [2.24, 2.45) is 4.99 Å². The summed E-state index contributed by atoms with van der Waals surface area (Å²) in [6.45, 7) is 3.95. The maximum atomic E-state index is 12.0. The monoisotopic (exact) mass is 373 g/mol. The van der Waals surface area contributed by atoms with E-state index in [4.69, 9.17) is 16.3 Å². The van der Waals surface area contributed by atoms with Gasteiger partial charge in [-0.3, -0.25) is 10.1 Å². The topological polar surface area (TPSA) is 71.7 Å². The van der Waals surface area contributed by atoms with Crippen molar-refractivity contribution in [2.75, 3.05) is 6.61 Å². The Morgan fingerprint density at radius 1 is 1.42 bits per heavy atom. The van der Waals surface area contributed by atoms with Gasteiger partial charge in [-0.05, 0) is 25.0 Å². The number of aryl methyl sites for hydroxylation is 1.